The van der Waals surface area contributed by atoms with Crippen LogP contribution >= 0.6 is 7.82 Å². The van der Waals surface area contributed by atoms with Crippen LogP contribution in [0.5, 0.6) is 5.75 Å². The molecule has 0 radical (unpaired) electrons. The molecule has 13 heteroatoms. The van der Waals surface area contributed by atoms with E-state index in [9.17, 15) is 19.6 Å². The summed E-state index contributed by atoms with van der Waals surface area (Å²) in [4.78, 5) is 19.4. The van der Waals surface area contributed by atoms with Crippen LogP contribution in [0.4, 0.5) is 5.69 Å². The molecule has 1 unspecified atom stereocenters. The molecular weight excluding hydrogens is 353 g/mol. The van der Waals surface area contributed by atoms with E-state index in [-0.39, 0.29) is 96.9 Å². The molecule has 1 aromatic carbocycles. The number of aliphatic hydroxyl groups excluding tert-OH is 2. The number of hydroxylamine groups is 2. The predicted molar refractivity (Wildman–Crippen MR) is 84.7 cm³/mol. The first-order chi connectivity index (χ1) is 9.88. The quantitative estimate of drug-likeness (QED) is 0.216. The molecule has 0 aliphatic carbocycles. The number of nitro benzene ring substituents is 1. The third-order valence-electron chi connectivity index (χ3n) is 2.19. The van der Waals surface area contributed by atoms with Crippen molar-refractivity contribution in [3.63, 3.8) is 0 Å². The van der Waals surface area contributed by atoms with Gasteiger partial charge < -0.3 is 14.7 Å². The van der Waals surface area contributed by atoms with Crippen LogP contribution in [0.2, 0.25) is 0 Å². The summed E-state index contributed by atoms with van der Waals surface area (Å²) in [5, 5.41) is 28.9. The van der Waals surface area contributed by atoms with Crippen LogP contribution in [0, 0.1) is 10.1 Å². The summed E-state index contributed by atoms with van der Waals surface area (Å²) in [6, 6.07) is 4.50. The summed E-state index contributed by atoms with van der Waals surface area (Å²) in [6.45, 7) is -0.904. The second-order valence-electron chi connectivity index (χ2n) is 3.77. The minimum atomic E-state index is -4.53. The fraction of sp³-hybridized carbons (Fsp3) is 0.400. The molecule has 23 heavy (non-hydrogen) atoms. The zero-order valence-corrected chi connectivity index (χ0v) is 11.8. The fourth-order valence-corrected chi connectivity index (χ4v) is 2.22. The van der Waals surface area contributed by atoms with Crippen molar-refractivity contribution in [2.45, 2.75) is 0 Å². The SMILES string of the molecule is O=[N+]([O-])c1ccc(OP(=O)(O)ON(CCO)CCO)cc1.[NaH].[NaH]. The Bertz CT molecular complexity index is 512. The van der Waals surface area contributed by atoms with Crippen LogP contribution < -0.4 is 4.52 Å². The Hall–Kier alpha value is 0.450. The molecule has 0 amide bonds. The molecule has 0 bridgehead atoms. The molecule has 0 fully saturated rings. The number of hydrogen-bond donors (Lipinski definition) is 3. The molecule has 10 nitrogen and oxygen atoms in total. The van der Waals surface area contributed by atoms with Gasteiger partial charge >= 0.3 is 66.9 Å². The van der Waals surface area contributed by atoms with Crippen LogP contribution in [0.1, 0.15) is 0 Å². The van der Waals surface area contributed by atoms with E-state index in [4.69, 9.17) is 14.7 Å². The zero-order valence-electron chi connectivity index (χ0n) is 10.9. The summed E-state index contributed by atoms with van der Waals surface area (Å²) in [5.41, 5.74) is -0.196. The first-order valence-corrected chi connectivity index (χ1v) is 7.30. The predicted octanol–water partition coefficient (Wildman–Crippen LogP) is -1.00. The van der Waals surface area contributed by atoms with Crippen molar-refractivity contribution in [1.29, 1.82) is 0 Å². The first kappa shape index (κ1) is 25.7. The van der Waals surface area contributed by atoms with Crippen LogP contribution in [-0.2, 0) is 9.19 Å². The van der Waals surface area contributed by atoms with Gasteiger partial charge in [-0.05, 0) is 12.1 Å². The Morgan fingerprint density at radius 2 is 1.61 bits per heavy atom. The van der Waals surface area contributed by atoms with Gasteiger partial charge in [0.1, 0.15) is 5.75 Å². The molecule has 1 atom stereocenters. The van der Waals surface area contributed by atoms with Gasteiger partial charge in [0, 0.05) is 25.2 Å². The van der Waals surface area contributed by atoms with E-state index in [1.165, 1.54) is 0 Å². The number of aliphatic hydroxyl groups is 2. The Balaban J connectivity index is 0. The Morgan fingerprint density at radius 3 is 2.00 bits per heavy atom. The van der Waals surface area contributed by atoms with E-state index in [1.807, 2.05) is 0 Å². The minimum absolute atomic E-state index is 0. The van der Waals surface area contributed by atoms with E-state index in [0.29, 0.717) is 0 Å². The van der Waals surface area contributed by atoms with E-state index >= 15 is 0 Å². The van der Waals surface area contributed by atoms with Crippen molar-refractivity contribution in [2.24, 2.45) is 0 Å². The number of rotatable bonds is 9. The number of non-ortho nitro benzene ring substituents is 1. The molecule has 0 saturated heterocycles. The van der Waals surface area contributed by atoms with Gasteiger partial charge in [-0.2, -0.15) is 9.69 Å². The molecule has 3 N–H and O–H groups in total. The number of phosphoric acid groups is 1. The van der Waals surface area contributed by atoms with Gasteiger partial charge in [0.15, 0.2) is 0 Å². The molecule has 1 rings (SSSR count). The Morgan fingerprint density at radius 1 is 1.13 bits per heavy atom. The number of nitro groups is 1. The molecule has 1 aromatic rings. The average Bonchev–Trinajstić information content (AvgIpc) is 2.38. The van der Waals surface area contributed by atoms with E-state index < -0.39 is 12.7 Å². The molecule has 0 saturated carbocycles. The molecule has 0 aliphatic heterocycles. The maximum atomic E-state index is 11.7. The summed E-state index contributed by atoms with van der Waals surface area (Å²) in [5.74, 6) is -0.0978. The zero-order chi connectivity index (χ0) is 15.9. The summed E-state index contributed by atoms with van der Waals surface area (Å²) >= 11 is 0. The van der Waals surface area contributed by atoms with Gasteiger partial charge in [-0.15, -0.1) is 0 Å². The van der Waals surface area contributed by atoms with Gasteiger partial charge in [-0.3, -0.25) is 15.0 Å². The van der Waals surface area contributed by atoms with Gasteiger partial charge in [-0.25, -0.2) is 4.57 Å². The van der Waals surface area contributed by atoms with Crippen molar-refractivity contribution >= 4 is 72.6 Å². The standard InChI is InChI=1S/C10H15N2O8P.2Na.2H/c13-7-5-11(6-8-14)20-21(17,18)19-10-3-1-9(2-4-10)12(15)16;;;;/h1-4,13-14H,5-8H2,(H,17,18);;;;. The Kier molecular flexibility index (Phi) is 14.3. The van der Waals surface area contributed by atoms with Crippen molar-refractivity contribution in [3.8, 4) is 5.75 Å². The summed E-state index contributed by atoms with van der Waals surface area (Å²) in [6.07, 6.45) is 0. The van der Waals surface area contributed by atoms with Crippen LogP contribution in [0.15, 0.2) is 24.3 Å². The van der Waals surface area contributed by atoms with Gasteiger partial charge in [-0.1, -0.05) is 0 Å². The molecule has 0 aliphatic rings. The van der Waals surface area contributed by atoms with Crippen LogP contribution in [0.3, 0.4) is 0 Å². The van der Waals surface area contributed by atoms with Gasteiger partial charge in [0.2, 0.25) is 0 Å². The summed E-state index contributed by atoms with van der Waals surface area (Å²) < 4.78 is 21.1. The number of benzene rings is 1. The number of phosphoric ester groups is 1. The third-order valence-corrected chi connectivity index (χ3v) is 3.06. The molecule has 0 aromatic heterocycles. The molecule has 0 spiro atoms. The van der Waals surface area contributed by atoms with Crippen LogP contribution in [-0.4, -0.2) is 111 Å². The van der Waals surface area contributed by atoms with E-state index in [1.54, 1.807) is 0 Å². The molecule has 122 valence electrons. The fourth-order valence-electron chi connectivity index (χ4n) is 1.34. The number of nitrogens with zero attached hydrogens (tertiary/aromatic N) is 2. The third kappa shape index (κ3) is 10.1. The number of hydrogen-bond acceptors (Lipinski definition) is 8. The average molecular weight is 370 g/mol. The topological polar surface area (TPSA) is 143 Å². The van der Waals surface area contributed by atoms with Crippen molar-refractivity contribution in [1.82, 2.24) is 5.06 Å². The molecular formula is C10H17N2Na2O8P. The second-order valence-corrected chi connectivity index (χ2v) is 5.05. The van der Waals surface area contributed by atoms with Crippen molar-refractivity contribution in [2.75, 3.05) is 26.3 Å². The maximum absolute atomic E-state index is 11.7. The van der Waals surface area contributed by atoms with E-state index in [0.717, 1.165) is 29.3 Å². The molecule has 0 heterocycles. The van der Waals surface area contributed by atoms with Crippen molar-refractivity contribution in [3.05, 3.63) is 34.4 Å². The van der Waals surface area contributed by atoms with Crippen LogP contribution in [0.25, 0.3) is 0 Å². The first-order valence-electron chi connectivity index (χ1n) is 5.81. The normalized spacial score (nSPS) is 12.7. The van der Waals surface area contributed by atoms with Gasteiger partial charge in [0.25, 0.3) is 5.69 Å². The Labute approximate surface area is 176 Å². The van der Waals surface area contributed by atoms with E-state index in [2.05, 4.69) is 4.62 Å². The summed E-state index contributed by atoms with van der Waals surface area (Å²) in [7, 11) is -4.53. The monoisotopic (exact) mass is 370 g/mol. The second kappa shape index (κ2) is 12.8. The van der Waals surface area contributed by atoms with Crippen molar-refractivity contribution < 1.29 is 33.7 Å². The van der Waals surface area contributed by atoms with Gasteiger partial charge in [0.05, 0.1) is 18.1 Å².